The van der Waals surface area contributed by atoms with E-state index in [2.05, 4.69) is 24.4 Å². The molecule has 0 spiro atoms. The zero-order chi connectivity index (χ0) is 42.2. The van der Waals surface area contributed by atoms with Crippen LogP contribution < -0.4 is 5.73 Å². The van der Waals surface area contributed by atoms with E-state index in [0.717, 1.165) is 25.7 Å². The van der Waals surface area contributed by atoms with Crippen LogP contribution >= 0.6 is 7.82 Å². The number of phosphoric ester groups is 1. The number of esters is 2. The number of ether oxygens (including phenoxy) is 2. The summed E-state index contributed by atoms with van der Waals surface area (Å²) in [7, 11) is -4.75. The minimum atomic E-state index is -4.75. The van der Waals surface area contributed by atoms with E-state index in [1.165, 1.54) is 89.9 Å². The summed E-state index contributed by atoms with van der Waals surface area (Å²) in [6, 6.07) is -1.54. The first-order chi connectivity index (χ1) is 27.5. The number of carbonyl (C=O) groups is 3. The van der Waals surface area contributed by atoms with Gasteiger partial charge < -0.3 is 30.3 Å². The molecule has 0 saturated heterocycles. The highest BCUT2D eigenvalue weighted by Gasteiger charge is 2.28. The number of carbonyl (C=O) groups excluding carboxylic acids is 2. The van der Waals surface area contributed by atoms with Gasteiger partial charge in [-0.15, -0.1) is 0 Å². The number of phosphoric acid groups is 1. The smallest absolute Gasteiger partial charge is 0.472 e. The van der Waals surface area contributed by atoms with Gasteiger partial charge in [0.25, 0.3) is 0 Å². The maximum atomic E-state index is 12.6. The van der Waals surface area contributed by atoms with Gasteiger partial charge in [0, 0.05) is 12.8 Å². The van der Waals surface area contributed by atoms with Gasteiger partial charge in [-0.3, -0.25) is 23.4 Å². The van der Waals surface area contributed by atoms with Gasteiger partial charge in [0.05, 0.1) is 19.3 Å². The zero-order valence-electron chi connectivity index (χ0n) is 35.3. The van der Waals surface area contributed by atoms with Crippen molar-refractivity contribution in [1.82, 2.24) is 0 Å². The third-order valence-corrected chi connectivity index (χ3v) is 10.1. The fraction of sp³-hybridized carbons (Fsp3) is 0.750. The van der Waals surface area contributed by atoms with Gasteiger partial charge in [-0.2, -0.15) is 0 Å². The molecule has 0 rings (SSSR count). The summed E-state index contributed by atoms with van der Waals surface area (Å²) >= 11 is 0. The maximum Gasteiger partial charge on any atom is 0.472 e. The summed E-state index contributed by atoms with van der Waals surface area (Å²) in [6.07, 6.45) is 39.2. The number of carboxylic acids is 1. The van der Waals surface area contributed by atoms with Crippen LogP contribution in [0.2, 0.25) is 0 Å². The quantitative estimate of drug-likeness (QED) is 0.0150. The number of rotatable bonds is 40. The molecule has 0 fully saturated rings. The highest BCUT2D eigenvalue weighted by Crippen LogP contribution is 2.43. The predicted octanol–water partition coefficient (Wildman–Crippen LogP) is 10.4. The second-order valence-corrected chi connectivity index (χ2v) is 16.1. The second-order valence-electron chi connectivity index (χ2n) is 14.7. The monoisotopic (exact) mass is 828 g/mol. The standard InChI is InChI=1S/C44H78NO11P/c1-3-5-7-9-11-12-13-14-15-16-17-18-22-26-30-34-42(47)53-36-40(37-54-57(51,52)55-38-41(45)44(49)50)56-43(48)35-31-27-23-19-21-25-29-33-39(46)32-28-24-20-10-8-6-4-2/h19-20,23-25,28-29,32,39-41,46H,3-18,21-22,26-27,30-31,33-38,45H2,1-2H3,(H,49,50)(H,51,52)/b23-19+,24-20-,29-25-,32-28-/t39-,40+,41-/m0/s1. The molecule has 0 heterocycles. The summed E-state index contributed by atoms with van der Waals surface area (Å²) < 4.78 is 32.6. The SMILES string of the molecule is CCCCC/C=C\C=C/[C@H](O)C/C=C\C/C=C/CCCC(=O)O[C@H](COC(=O)CCCCCCCCCCCCCCCCC)COP(=O)(O)OC[C@H](N)C(=O)O. The van der Waals surface area contributed by atoms with E-state index in [4.69, 9.17) is 24.8 Å². The number of unbranched alkanes of at least 4 members (excludes halogenated alkanes) is 18. The van der Waals surface area contributed by atoms with Crippen molar-refractivity contribution in [3.05, 3.63) is 48.6 Å². The molecular weight excluding hydrogens is 749 g/mol. The molecule has 57 heavy (non-hydrogen) atoms. The summed E-state index contributed by atoms with van der Waals surface area (Å²) in [4.78, 5) is 45.9. The van der Waals surface area contributed by atoms with Crippen LogP contribution in [0.3, 0.4) is 0 Å². The van der Waals surface area contributed by atoms with Gasteiger partial charge in [0.2, 0.25) is 0 Å². The van der Waals surface area contributed by atoms with E-state index in [0.29, 0.717) is 32.1 Å². The first kappa shape index (κ1) is 54.4. The lowest BCUT2D eigenvalue weighted by atomic mass is 10.0. The lowest BCUT2D eigenvalue weighted by molar-refractivity contribution is -0.161. The predicted molar refractivity (Wildman–Crippen MR) is 228 cm³/mol. The number of aliphatic carboxylic acids is 1. The van der Waals surface area contributed by atoms with Crippen molar-refractivity contribution < 1.29 is 52.6 Å². The van der Waals surface area contributed by atoms with Crippen LogP contribution in [0.15, 0.2) is 48.6 Å². The van der Waals surface area contributed by atoms with E-state index in [-0.39, 0.29) is 19.4 Å². The van der Waals surface area contributed by atoms with Gasteiger partial charge in [-0.25, -0.2) is 4.57 Å². The third-order valence-electron chi connectivity index (χ3n) is 9.16. The number of allylic oxidation sites excluding steroid dienone is 6. The first-order valence-electron chi connectivity index (χ1n) is 21.8. The largest absolute Gasteiger partial charge is 0.480 e. The Morgan fingerprint density at radius 2 is 1.16 bits per heavy atom. The Balaban J connectivity index is 4.52. The molecule has 0 bridgehead atoms. The van der Waals surface area contributed by atoms with Crippen molar-refractivity contribution in [3.63, 3.8) is 0 Å². The van der Waals surface area contributed by atoms with Crippen LogP contribution in [0, 0.1) is 0 Å². The molecule has 0 aromatic heterocycles. The topological polar surface area (TPSA) is 192 Å². The Morgan fingerprint density at radius 3 is 1.77 bits per heavy atom. The maximum absolute atomic E-state index is 12.6. The fourth-order valence-electron chi connectivity index (χ4n) is 5.67. The van der Waals surface area contributed by atoms with E-state index in [1.807, 2.05) is 36.5 Å². The summed E-state index contributed by atoms with van der Waals surface area (Å²) in [5, 5.41) is 18.9. The van der Waals surface area contributed by atoms with Crippen molar-refractivity contribution in [1.29, 1.82) is 0 Å². The Labute approximate surface area is 344 Å². The van der Waals surface area contributed by atoms with Crippen molar-refractivity contribution in [2.24, 2.45) is 5.73 Å². The zero-order valence-corrected chi connectivity index (χ0v) is 36.2. The molecule has 5 N–H and O–H groups in total. The van der Waals surface area contributed by atoms with Gasteiger partial charge in [-0.1, -0.05) is 165 Å². The van der Waals surface area contributed by atoms with Crippen LogP contribution in [0.1, 0.15) is 174 Å². The number of aliphatic hydroxyl groups is 1. The van der Waals surface area contributed by atoms with Gasteiger partial charge >= 0.3 is 25.7 Å². The number of hydrogen-bond acceptors (Lipinski definition) is 10. The molecule has 1 unspecified atom stereocenters. The van der Waals surface area contributed by atoms with Gasteiger partial charge in [-0.05, 0) is 44.9 Å². The Kier molecular flexibility index (Phi) is 37.1. The van der Waals surface area contributed by atoms with Crippen LogP contribution in [0.5, 0.6) is 0 Å². The van der Waals surface area contributed by atoms with E-state index >= 15 is 0 Å². The molecule has 0 amide bonds. The van der Waals surface area contributed by atoms with Crippen molar-refractivity contribution in [2.75, 3.05) is 19.8 Å². The molecule has 330 valence electrons. The van der Waals surface area contributed by atoms with Gasteiger partial charge in [0.15, 0.2) is 6.10 Å². The molecular formula is C44H78NO11P. The molecule has 12 nitrogen and oxygen atoms in total. The average Bonchev–Trinajstić information content (AvgIpc) is 3.18. The van der Waals surface area contributed by atoms with E-state index in [1.54, 1.807) is 6.08 Å². The summed E-state index contributed by atoms with van der Waals surface area (Å²) in [5.41, 5.74) is 5.32. The number of carboxylic acid groups (broad SMARTS) is 1. The minimum absolute atomic E-state index is 0.0517. The van der Waals surface area contributed by atoms with Crippen molar-refractivity contribution >= 4 is 25.7 Å². The van der Waals surface area contributed by atoms with Crippen molar-refractivity contribution in [3.8, 4) is 0 Å². The molecule has 0 aliphatic heterocycles. The van der Waals surface area contributed by atoms with Crippen LogP contribution in [-0.2, 0) is 37.5 Å². The Morgan fingerprint density at radius 1 is 0.632 bits per heavy atom. The van der Waals surface area contributed by atoms with Crippen molar-refractivity contribution in [2.45, 2.75) is 193 Å². The number of aliphatic hydroxyl groups excluding tert-OH is 1. The normalized spacial score (nSPS) is 14.8. The van der Waals surface area contributed by atoms with Crippen LogP contribution in [0.4, 0.5) is 0 Å². The molecule has 0 aromatic carbocycles. The second kappa shape index (κ2) is 38.9. The van der Waals surface area contributed by atoms with E-state index in [9.17, 15) is 28.9 Å². The Bertz CT molecular complexity index is 1170. The molecule has 0 radical (unpaired) electrons. The third kappa shape index (κ3) is 38.7. The molecule has 0 aliphatic rings. The highest BCUT2D eigenvalue weighted by molar-refractivity contribution is 7.47. The van der Waals surface area contributed by atoms with Gasteiger partial charge in [0.1, 0.15) is 12.6 Å². The summed E-state index contributed by atoms with van der Waals surface area (Å²) in [6.45, 7) is 2.64. The number of nitrogens with two attached hydrogens (primary N) is 1. The highest BCUT2D eigenvalue weighted by atomic mass is 31.2. The lowest BCUT2D eigenvalue weighted by Crippen LogP contribution is -2.34. The molecule has 0 aromatic rings. The Hall–Kier alpha value is -2.60. The molecule has 0 aliphatic carbocycles. The first-order valence-corrected chi connectivity index (χ1v) is 23.3. The van der Waals surface area contributed by atoms with Crippen LogP contribution in [0.25, 0.3) is 0 Å². The fourth-order valence-corrected chi connectivity index (χ4v) is 6.44. The molecule has 0 saturated carbocycles. The average molecular weight is 828 g/mol. The molecule has 4 atom stereocenters. The summed E-state index contributed by atoms with van der Waals surface area (Å²) in [5.74, 6) is -2.50. The van der Waals surface area contributed by atoms with E-state index < -0.39 is 57.2 Å². The number of hydrogen-bond donors (Lipinski definition) is 4. The van der Waals surface area contributed by atoms with Crippen LogP contribution in [-0.4, -0.2) is 71.1 Å². The lowest BCUT2D eigenvalue weighted by Gasteiger charge is -2.20. The molecule has 13 heteroatoms. The minimum Gasteiger partial charge on any atom is -0.480 e.